The second-order valence-corrected chi connectivity index (χ2v) is 7.98. The van der Waals surface area contributed by atoms with Crippen molar-refractivity contribution < 1.29 is 9.59 Å². The first-order chi connectivity index (χ1) is 12.4. The van der Waals surface area contributed by atoms with Crippen LogP contribution in [0, 0.1) is 0 Å². The third-order valence-corrected chi connectivity index (χ3v) is 5.68. The summed E-state index contributed by atoms with van der Waals surface area (Å²) in [5.74, 6) is -0.158. The zero-order valence-electron chi connectivity index (χ0n) is 14.0. The SMILES string of the molecule is CC(Sc1cc(Cl)ccc1Cl)C(=O)Nc1cccc(N2CCNC2=O)c1. The van der Waals surface area contributed by atoms with Crippen LogP contribution >= 0.6 is 35.0 Å². The number of hydrogen-bond acceptors (Lipinski definition) is 3. The van der Waals surface area contributed by atoms with E-state index in [1.165, 1.54) is 11.8 Å². The van der Waals surface area contributed by atoms with Crippen molar-refractivity contribution in [2.75, 3.05) is 23.3 Å². The number of nitrogens with one attached hydrogen (secondary N) is 2. The molecule has 1 unspecified atom stereocenters. The monoisotopic (exact) mass is 409 g/mol. The summed E-state index contributed by atoms with van der Waals surface area (Å²) in [6.07, 6.45) is 0. The van der Waals surface area contributed by atoms with Gasteiger partial charge in [-0.25, -0.2) is 4.79 Å². The average molecular weight is 410 g/mol. The van der Waals surface area contributed by atoms with E-state index in [1.807, 2.05) is 12.1 Å². The lowest BCUT2D eigenvalue weighted by Crippen LogP contribution is -2.28. The molecule has 26 heavy (non-hydrogen) atoms. The maximum absolute atomic E-state index is 12.5. The molecule has 1 heterocycles. The van der Waals surface area contributed by atoms with Crippen molar-refractivity contribution >= 4 is 58.3 Å². The molecule has 0 aromatic heterocycles. The smallest absolute Gasteiger partial charge is 0.321 e. The first kappa shape index (κ1) is 18.9. The Hall–Kier alpha value is -1.89. The van der Waals surface area contributed by atoms with Gasteiger partial charge >= 0.3 is 6.03 Å². The number of thioether (sulfide) groups is 1. The molecule has 5 nitrogen and oxygen atoms in total. The number of benzene rings is 2. The van der Waals surface area contributed by atoms with Gasteiger partial charge in [0.25, 0.3) is 0 Å². The first-order valence-corrected chi connectivity index (χ1v) is 9.65. The van der Waals surface area contributed by atoms with Crippen LogP contribution in [0.1, 0.15) is 6.92 Å². The summed E-state index contributed by atoms with van der Waals surface area (Å²) in [6, 6.07) is 12.2. The molecule has 0 saturated carbocycles. The number of hydrogen-bond donors (Lipinski definition) is 2. The molecular formula is C18H17Cl2N3O2S. The van der Waals surface area contributed by atoms with Crippen molar-refractivity contribution in [3.05, 3.63) is 52.5 Å². The molecule has 1 aliphatic heterocycles. The molecular weight excluding hydrogens is 393 g/mol. The van der Waals surface area contributed by atoms with Crippen LogP contribution < -0.4 is 15.5 Å². The Morgan fingerprint density at radius 1 is 1.27 bits per heavy atom. The lowest BCUT2D eigenvalue weighted by atomic mass is 10.2. The highest BCUT2D eigenvalue weighted by Crippen LogP contribution is 2.33. The van der Waals surface area contributed by atoms with Gasteiger partial charge < -0.3 is 10.6 Å². The topological polar surface area (TPSA) is 61.4 Å². The zero-order valence-corrected chi connectivity index (χ0v) is 16.3. The molecule has 3 rings (SSSR count). The second kappa shape index (κ2) is 8.20. The Kier molecular flexibility index (Phi) is 5.96. The van der Waals surface area contributed by atoms with E-state index in [4.69, 9.17) is 23.2 Å². The minimum absolute atomic E-state index is 0.131. The highest BCUT2D eigenvalue weighted by atomic mass is 35.5. The molecule has 0 spiro atoms. The highest BCUT2D eigenvalue weighted by molar-refractivity contribution is 8.00. The van der Waals surface area contributed by atoms with Crippen LogP contribution in [-0.2, 0) is 4.79 Å². The molecule has 136 valence electrons. The van der Waals surface area contributed by atoms with Crippen molar-refractivity contribution in [3.8, 4) is 0 Å². The Morgan fingerprint density at radius 3 is 2.81 bits per heavy atom. The van der Waals surface area contributed by atoms with Gasteiger partial charge in [0.2, 0.25) is 5.91 Å². The van der Waals surface area contributed by atoms with Crippen LogP contribution in [0.4, 0.5) is 16.2 Å². The van der Waals surface area contributed by atoms with E-state index >= 15 is 0 Å². The first-order valence-electron chi connectivity index (χ1n) is 8.02. The normalized spacial score (nSPS) is 14.9. The van der Waals surface area contributed by atoms with Crippen LogP contribution in [0.2, 0.25) is 10.0 Å². The summed E-state index contributed by atoms with van der Waals surface area (Å²) in [7, 11) is 0. The number of anilines is 2. The number of carbonyl (C=O) groups excluding carboxylic acids is 2. The molecule has 2 N–H and O–H groups in total. The van der Waals surface area contributed by atoms with Crippen LogP contribution in [-0.4, -0.2) is 30.3 Å². The highest BCUT2D eigenvalue weighted by Gasteiger charge is 2.22. The zero-order chi connectivity index (χ0) is 18.7. The van der Waals surface area contributed by atoms with Crippen molar-refractivity contribution in [2.45, 2.75) is 17.1 Å². The number of carbonyl (C=O) groups is 2. The summed E-state index contributed by atoms with van der Waals surface area (Å²) in [5.41, 5.74) is 1.38. The van der Waals surface area contributed by atoms with Gasteiger partial charge in [-0.3, -0.25) is 9.69 Å². The fourth-order valence-corrected chi connectivity index (χ4v) is 3.94. The molecule has 1 aliphatic rings. The fraction of sp³-hybridized carbons (Fsp3) is 0.222. The molecule has 3 amide bonds. The van der Waals surface area contributed by atoms with E-state index < -0.39 is 0 Å². The van der Waals surface area contributed by atoms with E-state index in [1.54, 1.807) is 42.2 Å². The van der Waals surface area contributed by atoms with Gasteiger partial charge in [-0.1, -0.05) is 29.3 Å². The van der Waals surface area contributed by atoms with Crippen molar-refractivity contribution in [1.29, 1.82) is 0 Å². The van der Waals surface area contributed by atoms with Crippen molar-refractivity contribution in [2.24, 2.45) is 0 Å². The molecule has 0 aliphatic carbocycles. The van der Waals surface area contributed by atoms with E-state index in [9.17, 15) is 9.59 Å². The lowest BCUT2D eigenvalue weighted by Gasteiger charge is -2.17. The quantitative estimate of drug-likeness (QED) is 0.706. The number of rotatable bonds is 5. The number of halogens is 2. The molecule has 8 heteroatoms. The molecule has 0 bridgehead atoms. The van der Waals surface area contributed by atoms with E-state index in [0.29, 0.717) is 28.8 Å². The van der Waals surface area contributed by atoms with Crippen LogP contribution in [0.3, 0.4) is 0 Å². The Balaban J connectivity index is 1.67. The molecule has 2 aromatic rings. The maximum Gasteiger partial charge on any atom is 0.321 e. The Labute approximate surface area is 166 Å². The van der Waals surface area contributed by atoms with Crippen molar-refractivity contribution in [3.63, 3.8) is 0 Å². The summed E-state index contributed by atoms with van der Waals surface area (Å²) >= 11 is 13.5. The molecule has 0 radical (unpaired) electrons. The predicted molar refractivity (Wildman–Crippen MR) is 108 cm³/mol. The Morgan fingerprint density at radius 2 is 2.08 bits per heavy atom. The minimum atomic E-state index is -0.371. The summed E-state index contributed by atoms with van der Waals surface area (Å²) in [5, 5.41) is 6.39. The van der Waals surface area contributed by atoms with Crippen LogP contribution in [0.25, 0.3) is 0 Å². The van der Waals surface area contributed by atoms with Gasteiger partial charge in [0.05, 0.1) is 10.3 Å². The van der Waals surface area contributed by atoms with Gasteiger partial charge in [-0.2, -0.15) is 0 Å². The largest absolute Gasteiger partial charge is 0.336 e. The number of urea groups is 1. The number of nitrogens with zero attached hydrogens (tertiary/aromatic N) is 1. The molecule has 1 fully saturated rings. The third-order valence-electron chi connectivity index (χ3n) is 3.85. The van der Waals surface area contributed by atoms with Gasteiger partial charge in [0.15, 0.2) is 0 Å². The van der Waals surface area contributed by atoms with Crippen LogP contribution in [0.5, 0.6) is 0 Å². The van der Waals surface area contributed by atoms with Gasteiger partial charge in [0.1, 0.15) is 0 Å². The predicted octanol–water partition coefficient (Wildman–Crippen LogP) is 4.64. The van der Waals surface area contributed by atoms with E-state index in [-0.39, 0.29) is 17.2 Å². The maximum atomic E-state index is 12.5. The molecule has 1 saturated heterocycles. The third kappa shape index (κ3) is 4.44. The van der Waals surface area contributed by atoms with E-state index in [2.05, 4.69) is 10.6 Å². The molecule has 1 atom stereocenters. The standard InChI is InChI=1S/C18H17Cl2N3O2S/c1-11(26-16-9-12(19)5-6-15(16)20)17(24)22-13-3-2-4-14(10-13)23-8-7-21-18(23)25/h2-6,9-11H,7-8H2,1H3,(H,21,25)(H,22,24). The number of amides is 3. The minimum Gasteiger partial charge on any atom is -0.336 e. The van der Waals surface area contributed by atoms with Gasteiger partial charge in [-0.15, -0.1) is 11.8 Å². The average Bonchev–Trinajstić information content (AvgIpc) is 3.04. The summed E-state index contributed by atoms with van der Waals surface area (Å²) in [4.78, 5) is 26.7. The lowest BCUT2D eigenvalue weighted by molar-refractivity contribution is -0.115. The van der Waals surface area contributed by atoms with E-state index in [0.717, 1.165) is 10.6 Å². The summed E-state index contributed by atoms with van der Waals surface area (Å²) in [6.45, 7) is 3.02. The fourth-order valence-electron chi connectivity index (χ4n) is 2.52. The summed E-state index contributed by atoms with van der Waals surface area (Å²) < 4.78 is 0. The van der Waals surface area contributed by atoms with Gasteiger partial charge in [-0.05, 0) is 43.3 Å². The van der Waals surface area contributed by atoms with Crippen LogP contribution in [0.15, 0.2) is 47.4 Å². The Bertz CT molecular complexity index is 847. The van der Waals surface area contributed by atoms with Gasteiger partial charge in [0, 0.05) is 34.4 Å². The second-order valence-electron chi connectivity index (χ2n) is 5.76. The molecule has 2 aromatic carbocycles. The van der Waals surface area contributed by atoms with Crippen molar-refractivity contribution in [1.82, 2.24) is 5.32 Å².